The van der Waals surface area contributed by atoms with Crippen LogP contribution >= 0.6 is 23.2 Å². The first kappa shape index (κ1) is 146. The molecule has 0 aliphatic heterocycles. The Morgan fingerprint density at radius 3 is 0.554 bits per heavy atom. The summed E-state index contributed by atoms with van der Waals surface area (Å²) in [5, 5.41) is 59.6. The van der Waals surface area contributed by atoms with Crippen LogP contribution in [0, 0.1) is 0 Å². The number of ether oxygens (including phenoxy) is 3. The van der Waals surface area contributed by atoms with Crippen molar-refractivity contribution in [2.75, 3.05) is 67.7 Å². The zero-order chi connectivity index (χ0) is 93.0. The number of esters is 1. The van der Waals surface area contributed by atoms with E-state index in [9.17, 15) is 47.9 Å². The number of hydrogen-bond donors (Lipinski definition) is 13. The molecule has 0 spiro atoms. The molecule has 0 bridgehead atoms. The molecule has 0 atom stereocenters. The molecule has 30 heteroatoms. The predicted molar refractivity (Wildman–Crippen MR) is 494 cm³/mol. The molecule has 724 valence electrons. The van der Waals surface area contributed by atoms with Gasteiger partial charge in [-0.05, 0) is 175 Å². The van der Waals surface area contributed by atoms with E-state index >= 15 is 0 Å². The van der Waals surface area contributed by atoms with Gasteiger partial charge in [-0.25, -0.2) is 9.59 Å². The van der Waals surface area contributed by atoms with Crippen molar-refractivity contribution >= 4 is 81.5 Å². The Bertz CT molecular complexity index is 1960. The minimum absolute atomic E-state index is 0. The number of carboxylic acids is 4. The summed E-state index contributed by atoms with van der Waals surface area (Å²) < 4.78 is 14.9. The first-order valence-corrected chi connectivity index (χ1v) is 46.3. The minimum Gasteiger partial charge on any atom is -0.870 e. The first-order valence-electron chi connectivity index (χ1n) is 45.5. The second-order valence-corrected chi connectivity index (χ2v) is 32.5. The number of amides is 2. The summed E-state index contributed by atoms with van der Waals surface area (Å²) in [6.45, 7) is 20.1. The molecular formula is C91H189Cl2N6NaO21. The first-order chi connectivity index (χ1) is 56.7. The Hall–Kier alpha value is -3.84. The summed E-state index contributed by atoms with van der Waals surface area (Å²) in [6, 6.07) is 0. The standard InChI is InChI=1S/C18H35NO3.C17H33NO4.C13H27NO2.3C12H25NO2.2C2H3ClO.3CH4O.Na.H2O/c1-16(20)14-12-10-8-6-5-7-9-11-13-15-19-17(21)22-18(2,3)4;1-17(2,3)22-16(21)18-14-12-10-8-6-4-5-7-9-11-13-15(19)20;1-16-13(15)11-9-7-5-3-2-4-6-8-10-12-14;3*13-11-9-7-5-3-1-2-4-6-8-10-12(14)15;2*1-2(3)4;3*1-2;;/h5-15H2,1-4H3,(H,19,21);4-14H2,1-3H3,(H,18,21)(H,19,20);2-12,14H2,1H3;3*1-11,13H2,(H,14,15);2*1H3;3*2H,1H3;;1H2/q;;;;;;;;;;;+1;/p-1. The van der Waals surface area contributed by atoms with Gasteiger partial charge >= 0.3 is 71.6 Å². The van der Waals surface area contributed by atoms with Gasteiger partial charge in [0, 0.05) is 86.8 Å². The molecule has 0 saturated carbocycles. The fourth-order valence-corrected chi connectivity index (χ4v) is 11.1. The van der Waals surface area contributed by atoms with Gasteiger partial charge in [0.05, 0.1) is 7.11 Å². The van der Waals surface area contributed by atoms with Gasteiger partial charge < -0.3 is 93.8 Å². The van der Waals surface area contributed by atoms with Gasteiger partial charge in [0.25, 0.3) is 0 Å². The Morgan fingerprint density at radius 1 is 0.273 bits per heavy atom. The molecule has 0 aromatic carbocycles. The summed E-state index contributed by atoms with van der Waals surface area (Å²) in [7, 11) is 4.45. The smallest absolute Gasteiger partial charge is 0.870 e. The fraction of sp³-hybridized carbons (Fsp3) is 0.890. The van der Waals surface area contributed by atoms with Crippen LogP contribution in [0.5, 0.6) is 0 Å². The molecule has 0 saturated heterocycles. The van der Waals surface area contributed by atoms with Gasteiger partial charge in [-0.1, -0.05) is 270 Å². The van der Waals surface area contributed by atoms with Crippen molar-refractivity contribution in [2.24, 2.45) is 22.9 Å². The van der Waals surface area contributed by atoms with Crippen LogP contribution in [0.1, 0.15) is 448 Å². The number of carbonyl (C=O) groups excluding carboxylic acids is 6. The zero-order valence-electron chi connectivity index (χ0n) is 79.6. The van der Waals surface area contributed by atoms with Crippen molar-refractivity contribution in [1.82, 2.24) is 10.6 Å². The third kappa shape index (κ3) is 204. The van der Waals surface area contributed by atoms with Crippen LogP contribution in [-0.2, 0) is 52.6 Å². The number of carboxylic acid groups (broad SMARTS) is 4. The molecule has 0 unspecified atom stereocenters. The van der Waals surface area contributed by atoms with E-state index in [1.165, 1.54) is 246 Å². The molecule has 0 aliphatic carbocycles. The van der Waals surface area contributed by atoms with E-state index < -0.39 is 35.1 Å². The molecule has 0 heterocycles. The number of aliphatic hydroxyl groups excluding tert-OH is 3. The number of halogens is 2. The van der Waals surface area contributed by atoms with Crippen molar-refractivity contribution in [3.8, 4) is 0 Å². The summed E-state index contributed by atoms with van der Waals surface area (Å²) in [5.41, 5.74) is 20.8. The van der Waals surface area contributed by atoms with Crippen LogP contribution in [-0.4, -0.2) is 178 Å². The quantitative estimate of drug-likeness (QED) is 0.00884. The van der Waals surface area contributed by atoms with E-state index in [4.69, 9.17) is 68.2 Å². The van der Waals surface area contributed by atoms with Crippen LogP contribution in [0.25, 0.3) is 0 Å². The molecular weight excluding hydrogens is 1610 g/mol. The predicted octanol–water partition coefficient (Wildman–Crippen LogP) is 18.5. The molecule has 0 aromatic rings. The van der Waals surface area contributed by atoms with Crippen LogP contribution in [0.2, 0.25) is 0 Å². The number of rotatable bonds is 68. The van der Waals surface area contributed by atoms with E-state index in [0.717, 1.165) is 176 Å². The Kier molecular flexibility index (Phi) is 156. The zero-order valence-corrected chi connectivity index (χ0v) is 83.1. The number of carbonyl (C=O) groups is 10. The van der Waals surface area contributed by atoms with E-state index in [-0.39, 0.29) is 63.7 Å². The second-order valence-electron chi connectivity index (χ2n) is 31.4. The maximum absolute atomic E-state index is 11.4. The monoisotopic (exact) mass is 1800 g/mol. The number of nitrogens with two attached hydrogens (primary N) is 4. The molecule has 0 radical (unpaired) electrons. The average Bonchev–Trinajstić information content (AvgIpc) is 0.956. The fourth-order valence-electron chi connectivity index (χ4n) is 11.1. The normalized spacial score (nSPS) is 9.93. The number of nitrogens with one attached hydrogen (secondary N) is 2. The second kappa shape index (κ2) is 129. The minimum atomic E-state index is -0.694. The summed E-state index contributed by atoms with van der Waals surface area (Å²) in [4.78, 5) is 104. The number of ketones is 1. The average molecular weight is 1800 g/mol. The van der Waals surface area contributed by atoms with Crippen molar-refractivity contribution in [1.29, 1.82) is 0 Å². The Balaban J connectivity index is -0.000000102. The molecule has 0 aromatic heterocycles. The molecule has 121 heavy (non-hydrogen) atoms. The summed E-state index contributed by atoms with van der Waals surface area (Å²) >= 11 is 9.27. The third-order valence-electron chi connectivity index (χ3n) is 17.2. The van der Waals surface area contributed by atoms with Gasteiger partial charge in [0.2, 0.25) is 10.5 Å². The van der Waals surface area contributed by atoms with E-state index in [2.05, 4.69) is 38.6 Å². The van der Waals surface area contributed by atoms with E-state index in [0.29, 0.717) is 51.0 Å². The van der Waals surface area contributed by atoms with Crippen LogP contribution in [0.15, 0.2) is 0 Å². The van der Waals surface area contributed by atoms with Gasteiger partial charge in [-0.2, -0.15) is 0 Å². The van der Waals surface area contributed by atoms with Crippen molar-refractivity contribution in [3.63, 3.8) is 0 Å². The number of alkyl carbamates (subject to hydrolysis) is 2. The summed E-state index contributed by atoms with van der Waals surface area (Å²) in [6.07, 6.45) is 65.5. The van der Waals surface area contributed by atoms with Crippen molar-refractivity contribution in [3.05, 3.63) is 0 Å². The summed E-state index contributed by atoms with van der Waals surface area (Å²) in [5.74, 6) is -2.48. The van der Waals surface area contributed by atoms with Gasteiger partial charge in [0.15, 0.2) is 0 Å². The molecule has 2 amide bonds. The number of hydrogen-bond acceptors (Lipinski definition) is 21. The topological polar surface area (TPSA) is 498 Å². The maximum atomic E-state index is 11.4. The van der Waals surface area contributed by atoms with Crippen LogP contribution in [0.4, 0.5) is 9.59 Å². The van der Waals surface area contributed by atoms with Gasteiger partial charge in [0.1, 0.15) is 17.0 Å². The van der Waals surface area contributed by atoms with Crippen LogP contribution < -0.4 is 63.1 Å². The SMILES string of the molecule is CC(=O)CCCCCCCCCCCNC(=O)OC(C)(C)C.CC(=O)Cl.CC(=O)Cl.CC(C)(C)OC(=O)NCCCCCCCCCCCC(=O)O.CO.CO.CO.COC(=O)CCCCCCCCCCCN.NCCCCCCCCCCCC(=O)O.NCCCCCCCCCCCC(=O)O.NCCCCCCCCCCCC(=O)O.[Na+].[OH-]. The third-order valence-corrected chi connectivity index (χ3v) is 17.2. The van der Waals surface area contributed by atoms with Gasteiger partial charge in [-0.3, -0.25) is 33.6 Å². The van der Waals surface area contributed by atoms with Gasteiger partial charge in [-0.15, -0.1) is 0 Å². The largest absolute Gasteiger partial charge is 1.00 e. The molecule has 0 aliphatic rings. The number of aliphatic carboxylic acids is 4. The number of Topliss-reactive ketones (excluding diaryl/α,β-unsaturated/α-hetero) is 1. The Morgan fingerprint density at radius 2 is 0.413 bits per heavy atom. The molecule has 18 N–H and O–H groups in total. The molecule has 0 rings (SSSR count). The molecule has 27 nitrogen and oxygen atoms in total. The Labute approximate surface area is 769 Å². The number of methoxy groups -OCH3 is 1. The van der Waals surface area contributed by atoms with Crippen molar-refractivity contribution in [2.45, 2.75) is 459 Å². The van der Waals surface area contributed by atoms with E-state index in [1.807, 2.05) is 41.5 Å². The maximum Gasteiger partial charge on any atom is 1.00 e. The number of aliphatic hydroxyl groups is 3. The van der Waals surface area contributed by atoms with Crippen LogP contribution in [0.3, 0.4) is 0 Å². The molecule has 0 fully saturated rings. The van der Waals surface area contributed by atoms with E-state index in [1.54, 1.807) is 6.92 Å². The van der Waals surface area contributed by atoms with Crippen molar-refractivity contribution < 1.29 is 133 Å². The number of unbranched alkanes of at least 4 members (excludes halogenated alkanes) is 48.